The summed E-state index contributed by atoms with van der Waals surface area (Å²) in [6, 6.07) is 20.5. The lowest BCUT2D eigenvalue weighted by Crippen LogP contribution is -2.28. The lowest BCUT2D eigenvalue weighted by molar-refractivity contribution is 0.0526. The van der Waals surface area contributed by atoms with Crippen molar-refractivity contribution in [1.29, 1.82) is 0 Å². The highest BCUT2D eigenvalue weighted by Gasteiger charge is 2.43. The number of fused-ring (bicyclic) bond motifs is 1. The summed E-state index contributed by atoms with van der Waals surface area (Å²) < 4.78 is 5.07. The van der Waals surface area contributed by atoms with Crippen LogP contribution in [0.4, 0.5) is 5.69 Å². The molecule has 5 rings (SSSR count). The Labute approximate surface area is 183 Å². The molecule has 0 spiro atoms. The van der Waals surface area contributed by atoms with Crippen molar-refractivity contribution in [3.63, 3.8) is 0 Å². The van der Waals surface area contributed by atoms with Crippen LogP contribution in [0.15, 0.2) is 72.1 Å². The maximum Gasteiger partial charge on any atom is 0.338 e. The van der Waals surface area contributed by atoms with Gasteiger partial charge in [0.2, 0.25) is 0 Å². The molecule has 2 aromatic carbocycles. The zero-order chi connectivity index (χ0) is 21.4. The third kappa shape index (κ3) is 3.23. The Bertz CT molecular complexity index is 1230. The molecule has 1 aliphatic rings. The Balaban J connectivity index is 1.60. The van der Waals surface area contributed by atoms with Crippen molar-refractivity contribution >= 4 is 28.9 Å². The second kappa shape index (κ2) is 7.85. The molecule has 2 aromatic heterocycles. The van der Waals surface area contributed by atoms with E-state index in [-0.39, 0.29) is 17.9 Å². The molecule has 0 aliphatic carbocycles. The molecular weight excluding hydrogens is 410 g/mol. The fraction of sp³-hybridized carbons (Fsp3) is 0.125. The zero-order valence-corrected chi connectivity index (χ0v) is 17.6. The third-order valence-electron chi connectivity index (χ3n) is 5.28. The van der Waals surface area contributed by atoms with E-state index in [1.165, 1.54) is 0 Å². The van der Waals surface area contributed by atoms with Crippen molar-refractivity contribution in [1.82, 2.24) is 10.2 Å². The van der Waals surface area contributed by atoms with E-state index in [0.717, 1.165) is 21.7 Å². The van der Waals surface area contributed by atoms with Gasteiger partial charge in [0.1, 0.15) is 11.7 Å². The number of thiophene rings is 1. The van der Waals surface area contributed by atoms with Crippen LogP contribution in [-0.4, -0.2) is 28.7 Å². The van der Waals surface area contributed by atoms with E-state index in [2.05, 4.69) is 10.2 Å². The maximum absolute atomic E-state index is 13.4. The molecule has 1 amide bonds. The normalized spacial score (nSPS) is 15.2. The molecule has 3 heterocycles. The van der Waals surface area contributed by atoms with E-state index in [1.54, 1.807) is 47.4 Å². The van der Waals surface area contributed by atoms with Crippen LogP contribution < -0.4 is 4.90 Å². The van der Waals surface area contributed by atoms with Crippen LogP contribution in [0.1, 0.15) is 44.3 Å². The van der Waals surface area contributed by atoms with Crippen LogP contribution >= 0.6 is 11.3 Å². The minimum absolute atomic E-state index is 0.146. The van der Waals surface area contributed by atoms with Gasteiger partial charge < -0.3 is 4.74 Å². The first-order valence-electron chi connectivity index (χ1n) is 9.97. The van der Waals surface area contributed by atoms with Gasteiger partial charge in [-0.1, -0.05) is 36.4 Å². The Morgan fingerprint density at radius 1 is 1.10 bits per heavy atom. The smallest absolute Gasteiger partial charge is 0.338 e. The van der Waals surface area contributed by atoms with E-state index in [0.29, 0.717) is 23.6 Å². The van der Waals surface area contributed by atoms with E-state index in [9.17, 15) is 9.59 Å². The molecule has 0 radical (unpaired) electrons. The lowest BCUT2D eigenvalue weighted by atomic mass is 10.0. The fourth-order valence-corrected chi connectivity index (χ4v) is 4.74. The second-order valence-corrected chi connectivity index (χ2v) is 8.07. The molecule has 4 aromatic rings. The molecule has 0 unspecified atom stereocenters. The van der Waals surface area contributed by atoms with Crippen LogP contribution in [0.5, 0.6) is 0 Å². The lowest BCUT2D eigenvalue weighted by Gasteiger charge is -2.25. The van der Waals surface area contributed by atoms with Crippen LogP contribution in [0.3, 0.4) is 0 Å². The summed E-state index contributed by atoms with van der Waals surface area (Å²) in [4.78, 5) is 28.3. The van der Waals surface area contributed by atoms with E-state index in [4.69, 9.17) is 4.74 Å². The van der Waals surface area contributed by atoms with Gasteiger partial charge in [0.15, 0.2) is 0 Å². The van der Waals surface area contributed by atoms with Crippen molar-refractivity contribution in [3.8, 4) is 11.3 Å². The summed E-state index contributed by atoms with van der Waals surface area (Å²) >= 11 is 1.60. The predicted octanol–water partition coefficient (Wildman–Crippen LogP) is 5.06. The van der Waals surface area contributed by atoms with Crippen LogP contribution in [0, 0.1) is 0 Å². The standard InChI is InChI=1S/C24H19N3O3S/c1-2-30-24(29)16-10-12-17(13-11-16)27-22(18-9-6-14-31-18)19-20(15-7-4-3-5-8-15)25-26-21(19)23(27)28/h3-14,22H,2H2,1H3,(H,25,26)/t22-/m1/s1. The van der Waals surface area contributed by atoms with Gasteiger partial charge in [-0.15, -0.1) is 11.3 Å². The highest BCUT2D eigenvalue weighted by Crippen LogP contribution is 2.46. The SMILES string of the molecule is CCOC(=O)c1ccc(N2C(=O)c3[nH]nc(-c4ccccc4)c3[C@H]2c2cccs2)cc1. The molecule has 0 saturated carbocycles. The number of anilines is 1. The van der Waals surface area contributed by atoms with Crippen molar-refractivity contribution < 1.29 is 14.3 Å². The molecule has 0 fully saturated rings. The maximum atomic E-state index is 13.4. The van der Waals surface area contributed by atoms with Crippen molar-refractivity contribution in [2.75, 3.05) is 11.5 Å². The minimum Gasteiger partial charge on any atom is -0.462 e. The highest BCUT2D eigenvalue weighted by molar-refractivity contribution is 7.10. The van der Waals surface area contributed by atoms with Gasteiger partial charge >= 0.3 is 5.97 Å². The number of nitrogens with one attached hydrogen (secondary N) is 1. The number of hydrogen-bond donors (Lipinski definition) is 1. The molecule has 1 N–H and O–H groups in total. The first-order valence-corrected chi connectivity index (χ1v) is 10.8. The van der Waals surface area contributed by atoms with Crippen molar-refractivity contribution in [2.24, 2.45) is 0 Å². The number of ether oxygens (including phenoxy) is 1. The van der Waals surface area contributed by atoms with Gasteiger partial charge in [0, 0.05) is 21.7 Å². The largest absolute Gasteiger partial charge is 0.462 e. The molecule has 154 valence electrons. The average Bonchev–Trinajstić information content (AvgIpc) is 3.53. The summed E-state index contributed by atoms with van der Waals surface area (Å²) in [5.74, 6) is -0.524. The number of aromatic nitrogens is 2. The van der Waals surface area contributed by atoms with Gasteiger partial charge in [-0.05, 0) is 42.6 Å². The summed E-state index contributed by atoms with van der Waals surface area (Å²) in [5, 5.41) is 9.44. The Morgan fingerprint density at radius 2 is 1.87 bits per heavy atom. The van der Waals surface area contributed by atoms with E-state index < -0.39 is 0 Å². The van der Waals surface area contributed by atoms with Gasteiger partial charge in [0.25, 0.3) is 5.91 Å². The van der Waals surface area contributed by atoms with Crippen LogP contribution in [0.2, 0.25) is 0 Å². The zero-order valence-electron chi connectivity index (χ0n) is 16.7. The Kier molecular flexibility index (Phi) is 4.88. The topological polar surface area (TPSA) is 75.3 Å². The van der Waals surface area contributed by atoms with E-state index >= 15 is 0 Å². The van der Waals surface area contributed by atoms with E-state index in [1.807, 2.05) is 47.8 Å². The number of carbonyl (C=O) groups excluding carboxylic acids is 2. The second-order valence-electron chi connectivity index (χ2n) is 7.09. The number of H-pyrrole nitrogens is 1. The van der Waals surface area contributed by atoms with Crippen LogP contribution in [0.25, 0.3) is 11.3 Å². The molecule has 6 nitrogen and oxygen atoms in total. The highest BCUT2D eigenvalue weighted by atomic mass is 32.1. The first kappa shape index (κ1) is 19.3. The molecule has 1 atom stereocenters. The number of esters is 1. The molecule has 0 bridgehead atoms. The molecule has 7 heteroatoms. The number of rotatable bonds is 5. The van der Waals surface area contributed by atoms with Crippen molar-refractivity contribution in [3.05, 3.63) is 93.8 Å². The first-order chi connectivity index (χ1) is 15.2. The summed E-state index contributed by atoms with van der Waals surface area (Å²) in [5.41, 5.74) is 4.25. The molecule has 1 aliphatic heterocycles. The molecular formula is C24H19N3O3S. The van der Waals surface area contributed by atoms with Crippen molar-refractivity contribution in [2.45, 2.75) is 13.0 Å². The fourth-order valence-electron chi connectivity index (χ4n) is 3.92. The quantitative estimate of drug-likeness (QED) is 0.450. The van der Waals surface area contributed by atoms with Gasteiger partial charge in [-0.25, -0.2) is 4.79 Å². The van der Waals surface area contributed by atoms with Gasteiger partial charge in [-0.3, -0.25) is 14.8 Å². The summed E-state index contributed by atoms with van der Waals surface area (Å²) in [6.07, 6.45) is 0. The van der Waals surface area contributed by atoms with Gasteiger partial charge in [0.05, 0.1) is 17.9 Å². The molecule has 0 saturated heterocycles. The Hall–Kier alpha value is -3.71. The number of aromatic amines is 1. The van der Waals surface area contributed by atoms with Gasteiger partial charge in [-0.2, -0.15) is 5.10 Å². The Morgan fingerprint density at radius 3 is 2.55 bits per heavy atom. The predicted molar refractivity (Wildman–Crippen MR) is 119 cm³/mol. The van der Waals surface area contributed by atoms with Crippen LogP contribution in [-0.2, 0) is 4.74 Å². The third-order valence-corrected chi connectivity index (χ3v) is 6.21. The monoisotopic (exact) mass is 429 g/mol. The number of nitrogens with zero attached hydrogens (tertiary/aromatic N) is 2. The molecule has 31 heavy (non-hydrogen) atoms. The number of amides is 1. The number of hydrogen-bond acceptors (Lipinski definition) is 5. The summed E-state index contributed by atoms with van der Waals surface area (Å²) in [7, 11) is 0. The number of benzene rings is 2. The number of carbonyl (C=O) groups is 2. The average molecular weight is 430 g/mol. The minimum atomic E-state index is -0.377. The summed E-state index contributed by atoms with van der Waals surface area (Å²) in [6.45, 7) is 2.09.